The van der Waals surface area contributed by atoms with Crippen molar-refractivity contribution >= 4 is 11.4 Å². The minimum absolute atomic E-state index is 0.0138. The van der Waals surface area contributed by atoms with Gasteiger partial charge >= 0.3 is 0 Å². The highest BCUT2D eigenvalue weighted by Gasteiger charge is 2.17. The number of ketones is 1. The molecule has 0 bridgehead atoms. The summed E-state index contributed by atoms with van der Waals surface area (Å²) in [5.74, 6) is 0.250. The second-order valence-corrected chi connectivity index (χ2v) is 5.25. The van der Waals surface area contributed by atoms with Crippen molar-refractivity contribution in [3.05, 3.63) is 58.7 Å². The van der Waals surface area contributed by atoms with E-state index in [1.165, 1.54) is 0 Å². The molecule has 1 aromatic carbocycles. The van der Waals surface area contributed by atoms with Gasteiger partial charge in [-0.05, 0) is 50.1 Å². The summed E-state index contributed by atoms with van der Waals surface area (Å²) < 4.78 is 0. The van der Waals surface area contributed by atoms with E-state index in [4.69, 9.17) is 0 Å². The van der Waals surface area contributed by atoms with Gasteiger partial charge in [-0.1, -0.05) is 36.6 Å². The molecule has 0 heterocycles. The second kappa shape index (κ2) is 5.91. The van der Waals surface area contributed by atoms with Crippen molar-refractivity contribution in [3.8, 4) is 5.75 Å². The zero-order valence-corrected chi connectivity index (χ0v) is 12.2. The molecule has 0 fully saturated rings. The van der Waals surface area contributed by atoms with Crippen LogP contribution < -0.4 is 0 Å². The summed E-state index contributed by atoms with van der Waals surface area (Å²) in [5.41, 5.74) is 4.54. The topological polar surface area (TPSA) is 37.3 Å². The van der Waals surface area contributed by atoms with Gasteiger partial charge in [-0.25, -0.2) is 0 Å². The summed E-state index contributed by atoms with van der Waals surface area (Å²) in [6.07, 6.45) is 7.04. The van der Waals surface area contributed by atoms with Gasteiger partial charge in [-0.3, -0.25) is 4.79 Å². The number of phenols is 1. The lowest BCUT2D eigenvalue weighted by Gasteiger charge is -2.15. The fourth-order valence-electron chi connectivity index (χ4n) is 2.44. The number of allylic oxidation sites excluding steroid dienone is 6. The van der Waals surface area contributed by atoms with Gasteiger partial charge < -0.3 is 5.11 Å². The lowest BCUT2D eigenvalue weighted by Crippen LogP contribution is -2.05. The summed E-state index contributed by atoms with van der Waals surface area (Å²) in [5, 5.41) is 10.1. The van der Waals surface area contributed by atoms with Gasteiger partial charge in [0.2, 0.25) is 0 Å². The van der Waals surface area contributed by atoms with E-state index in [1.54, 1.807) is 12.1 Å². The Morgan fingerprint density at radius 1 is 1.20 bits per heavy atom. The SMILES string of the molecule is CCCC(=C1C=C(C)C=CC1=O)c1cc(C)ccc1O. The minimum Gasteiger partial charge on any atom is -0.507 e. The molecular weight excluding hydrogens is 248 g/mol. The molecule has 0 saturated heterocycles. The first-order chi connectivity index (χ1) is 9.52. The first kappa shape index (κ1) is 14.3. The van der Waals surface area contributed by atoms with E-state index in [0.29, 0.717) is 5.57 Å². The molecule has 0 atom stereocenters. The van der Waals surface area contributed by atoms with Gasteiger partial charge in [-0.15, -0.1) is 0 Å². The van der Waals surface area contributed by atoms with Crippen molar-refractivity contribution in [3.63, 3.8) is 0 Å². The monoisotopic (exact) mass is 268 g/mol. The molecule has 0 amide bonds. The van der Waals surface area contributed by atoms with Crippen molar-refractivity contribution in [2.75, 3.05) is 0 Å². The largest absolute Gasteiger partial charge is 0.507 e. The molecule has 0 spiro atoms. The van der Waals surface area contributed by atoms with Crippen molar-refractivity contribution in [2.45, 2.75) is 33.6 Å². The number of carbonyl (C=O) groups excluding carboxylic acids is 1. The highest BCUT2D eigenvalue weighted by atomic mass is 16.3. The number of aryl methyl sites for hydroxylation is 1. The number of phenolic OH excluding ortho intramolecular Hbond substituents is 1. The summed E-state index contributed by atoms with van der Waals surface area (Å²) in [7, 11) is 0. The second-order valence-electron chi connectivity index (χ2n) is 5.25. The Morgan fingerprint density at radius 3 is 2.65 bits per heavy atom. The molecule has 0 aromatic heterocycles. The molecule has 2 heteroatoms. The molecule has 20 heavy (non-hydrogen) atoms. The third-order valence-electron chi connectivity index (χ3n) is 3.44. The highest BCUT2D eigenvalue weighted by Crippen LogP contribution is 2.33. The van der Waals surface area contributed by atoms with E-state index >= 15 is 0 Å². The van der Waals surface area contributed by atoms with Crippen molar-refractivity contribution < 1.29 is 9.90 Å². The maximum atomic E-state index is 12.2. The van der Waals surface area contributed by atoms with E-state index in [0.717, 1.165) is 35.1 Å². The predicted molar refractivity (Wildman–Crippen MR) is 82.6 cm³/mol. The Labute approximate surface area is 120 Å². The third-order valence-corrected chi connectivity index (χ3v) is 3.44. The van der Waals surface area contributed by atoms with E-state index in [-0.39, 0.29) is 11.5 Å². The van der Waals surface area contributed by atoms with Crippen molar-refractivity contribution in [1.82, 2.24) is 0 Å². The third kappa shape index (κ3) is 2.90. The summed E-state index contributed by atoms with van der Waals surface area (Å²) in [6, 6.07) is 5.51. The predicted octanol–water partition coefficient (Wildman–Crippen LogP) is 4.34. The standard InChI is InChI=1S/C18H20O2/c1-4-5-14(15-10-12(2)6-8-17(15)19)16-11-13(3)7-9-18(16)20/h6-11,19H,4-5H2,1-3H3. The van der Waals surface area contributed by atoms with E-state index in [1.807, 2.05) is 38.1 Å². The lowest BCUT2D eigenvalue weighted by molar-refractivity contribution is -0.111. The van der Waals surface area contributed by atoms with E-state index < -0.39 is 0 Å². The summed E-state index contributed by atoms with van der Waals surface area (Å²) >= 11 is 0. The van der Waals surface area contributed by atoms with Crippen LogP contribution in [0, 0.1) is 6.92 Å². The Morgan fingerprint density at radius 2 is 1.95 bits per heavy atom. The summed E-state index contributed by atoms with van der Waals surface area (Å²) in [6.45, 7) is 6.04. The zero-order valence-electron chi connectivity index (χ0n) is 12.2. The van der Waals surface area contributed by atoms with Crippen LogP contribution in [0.25, 0.3) is 5.57 Å². The normalized spacial score (nSPS) is 17.1. The van der Waals surface area contributed by atoms with Crippen LogP contribution in [0.3, 0.4) is 0 Å². The van der Waals surface area contributed by atoms with Crippen LogP contribution in [0.5, 0.6) is 5.75 Å². The molecule has 1 aliphatic rings. The average Bonchev–Trinajstić information content (AvgIpc) is 2.42. The van der Waals surface area contributed by atoms with E-state index in [2.05, 4.69) is 6.92 Å². The molecule has 2 nitrogen and oxygen atoms in total. The molecule has 104 valence electrons. The van der Waals surface area contributed by atoms with Crippen LogP contribution in [0.15, 0.2) is 47.6 Å². The molecule has 1 aromatic rings. The van der Waals surface area contributed by atoms with Crippen LogP contribution in [0.4, 0.5) is 0 Å². The van der Waals surface area contributed by atoms with Crippen LogP contribution in [-0.2, 0) is 4.79 Å². The van der Waals surface area contributed by atoms with Crippen LogP contribution in [-0.4, -0.2) is 10.9 Å². The number of hydrogen-bond acceptors (Lipinski definition) is 2. The van der Waals surface area contributed by atoms with Gasteiger partial charge in [0.1, 0.15) is 5.75 Å². The first-order valence-corrected chi connectivity index (χ1v) is 6.96. The fraction of sp³-hybridized carbons (Fsp3) is 0.278. The Hall–Kier alpha value is -2.09. The van der Waals surface area contributed by atoms with Crippen LogP contribution >= 0.6 is 0 Å². The minimum atomic E-state index is 0.0138. The lowest BCUT2D eigenvalue weighted by atomic mass is 9.89. The molecule has 0 aliphatic heterocycles. The van der Waals surface area contributed by atoms with Gasteiger partial charge in [0.05, 0.1) is 0 Å². The number of carbonyl (C=O) groups is 1. The van der Waals surface area contributed by atoms with Crippen molar-refractivity contribution in [2.24, 2.45) is 0 Å². The molecular formula is C18H20O2. The zero-order chi connectivity index (χ0) is 14.7. The Bertz CT molecular complexity index is 631. The quantitative estimate of drug-likeness (QED) is 0.828. The van der Waals surface area contributed by atoms with Crippen LogP contribution in [0.2, 0.25) is 0 Å². The molecule has 0 unspecified atom stereocenters. The van der Waals surface area contributed by atoms with Gasteiger partial charge in [0.25, 0.3) is 0 Å². The molecule has 1 aliphatic carbocycles. The fourth-order valence-corrected chi connectivity index (χ4v) is 2.44. The Balaban J connectivity index is 2.65. The van der Waals surface area contributed by atoms with Crippen LogP contribution in [0.1, 0.15) is 37.8 Å². The van der Waals surface area contributed by atoms with Gasteiger partial charge in [0, 0.05) is 11.1 Å². The highest BCUT2D eigenvalue weighted by molar-refractivity contribution is 6.13. The number of benzene rings is 1. The number of aromatic hydroxyl groups is 1. The average molecular weight is 268 g/mol. The number of rotatable bonds is 3. The first-order valence-electron chi connectivity index (χ1n) is 6.96. The maximum absolute atomic E-state index is 12.2. The molecule has 2 rings (SSSR count). The van der Waals surface area contributed by atoms with Gasteiger partial charge in [0.15, 0.2) is 5.78 Å². The van der Waals surface area contributed by atoms with E-state index in [9.17, 15) is 9.90 Å². The number of hydrogen-bond donors (Lipinski definition) is 1. The maximum Gasteiger partial charge on any atom is 0.186 e. The Kier molecular flexibility index (Phi) is 4.23. The smallest absolute Gasteiger partial charge is 0.186 e. The van der Waals surface area contributed by atoms with Crippen molar-refractivity contribution in [1.29, 1.82) is 0 Å². The molecule has 0 radical (unpaired) electrons. The molecule has 1 N–H and O–H groups in total. The van der Waals surface area contributed by atoms with Gasteiger partial charge in [-0.2, -0.15) is 0 Å². The summed E-state index contributed by atoms with van der Waals surface area (Å²) in [4.78, 5) is 12.2. The molecule has 0 saturated carbocycles.